The van der Waals surface area contributed by atoms with Gasteiger partial charge in [0, 0.05) is 5.69 Å². The molecular weight excluding hydrogens is 258 g/mol. The average Bonchev–Trinajstić information content (AvgIpc) is 2.30. The minimum atomic E-state index is -0.714. The molecule has 0 unspecified atom stereocenters. The Balaban J connectivity index is 2.49. The number of aryl methyl sites for hydroxylation is 1. The lowest BCUT2D eigenvalue weighted by molar-refractivity contribution is 0.0506. The van der Waals surface area contributed by atoms with Gasteiger partial charge in [-0.25, -0.2) is 20.4 Å². The summed E-state index contributed by atoms with van der Waals surface area (Å²) in [4.78, 5) is 23.0. The van der Waals surface area contributed by atoms with Crippen molar-refractivity contribution in [3.8, 4) is 0 Å². The summed E-state index contributed by atoms with van der Waals surface area (Å²) < 4.78 is 4.99. The monoisotopic (exact) mass is 279 g/mol. The second kappa shape index (κ2) is 6.27. The first-order valence-electron chi connectivity index (χ1n) is 6.31. The molecule has 0 aliphatic heterocycles. The number of carbonyl (C=O) groups excluding carboxylic acids is 2. The van der Waals surface area contributed by atoms with Crippen LogP contribution in [0.25, 0.3) is 0 Å². The first-order chi connectivity index (χ1) is 9.19. The molecule has 1 aromatic carbocycles. The number of rotatable bonds is 1. The largest absolute Gasteiger partial charge is 0.443 e. The van der Waals surface area contributed by atoms with Gasteiger partial charge in [-0.2, -0.15) is 0 Å². The van der Waals surface area contributed by atoms with Crippen LogP contribution in [-0.4, -0.2) is 17.7 Å². The van der Waals surface area contributed by atoms with Crippen LogP contribution in [0.15, 0.2) is 18.2 Å². The zero-order valence-corrected chi connectivity index (χ0v) is 12.5. The number of hydrogen-bond donors (Lipinski definition) is 3. The van der Waals surface area contributed by atoms with Gasteiger partial charge in [0.1, 0.15) is 5.60 Å². The van der Waals surface area contributed by atoms with E-state index in [0.29, 0.717) is 5.69 Å². The van der Waals surface area contributed by atoms with Crippen LogP contribution in [0.2, 0.25) is 0 Å². The molecule has 1 aromatic rings. The summed E-state index contributed by atoms with van der Waals surface area (Å²) in [5, 5.41) is 2.65. The van der Waals surface area contributed by atoms with Gasteiger partial charge in [-0.3, -0.25) is 0 Å². The van der Waals surface area contributed by atoms with Gasteiger partial charge in [-0.1, -0.05) is 12.1 Å². The van der Waals surface area contributed by atoms with Gasteiger partial charge in [0.15, 0.2) is 0 Å². The zero-order valence-electron chi connectivity index (χ0n) is 12.5. The molecule has 6 heteroatoms. The van der Waals surface area contributed by atoms with Crippen LogP contribution in [0.1, 0.15) is 31.9 Å². The highest BCUT2D eigenvalue weighted by Gasteiger charge is 2.16. The molecule has 0 aliphatic rings. The molecule has 0 radical (unpaired) electrons. The van der Waals surface area contributed by atoms with E-state index >= 15 is 0 Å². The Bertz CT molecular complexity index is 507. The lowest BCUT2D eigenvalue weighted by Crippen LogP contribution is -2.46. The third-order valence-corrected chi connectivity index (χ3v) is 2.53. The van der Waals surface area contributed by atoms with Gasteiger partial charge in [-0.05, 0) is 51.8 Å². The van der Waals surface area contributed by atoms with Crippen LogP contribution in [-0.2, 0) is 4.74 Å². The van der Waals surface area contributed by atoms with Crippen molar-refractivity contribution in [1.29, 1.82) is 0 Å². The van der Waals surface area contributed by atoms with Gasteiger partial charge in [-0.15, -0.1) is 0 Å². The summed E-state index contributed by atoms with van der Waals surface area (Å²) in [5.41, 5.74) is 6.51. The number of nitrogens with one attached hydrogen (secondary N) is 3. The summed E-state index contributed by atoms with van der Waals surface area (Å²) >= 11 is 0. The number of ether oxygens (including phenoxy) is 1. The number of benzene rings is 1. The molecule has 0 atom stereocenters. The van der Waals surface area contributed by atoms with E-state index < -0.39 is 17.7 Å². The predicted octanol–water partition coefficient (Wildman–Crippen LogP) is 2.86. The number of hydrazine groups is 1. The highest BCUT2D eigenvalue weighted by molar-refractivity contribution is 5.91. The maximum absolute atomic E-state index is 11.7. The van der Waals surface area contributed by atoms with Crippen LogP contribution in [0.5, 0.6) is 0 Å². The molecule has 3 N–H and O–H groups in total. The third-order valence-electron chi connectivity index (χ3n) is 2.53. The van der Waals surface area contributed by atoms with Crippen molar-refractivity contribution in [3.63, 3.8) is 0 Å². The maximum atomic E-state index is 11.7. The Morgan fingerprint density at radius 2 is 1.75 bits per heavy atom. The van der Waals surface area contributed by atoms with E-state index in [0.717, 1.165) is 11.1 Å². The fraction of sp³-hybridized carbons (Fsp3) is 0.429. The van der Waals surface area contributed by atoms with Gasteiger partial charge >= 0.3 is 12.1 Å². The van der Waals surface area contributed by atoms with Crippen LogP contribution >= 0.6 is 0 Å². The van der Waals surface area contributed by atoms with Gasteiger partial charge in [0.2, 0.25) is 0 Å². The van der Waals surface area contributed by atoms with Crippen molar-refractivity contribution in [1.82, 2.24) is 10.9 Å². The Morgan fingerprint density at radius 3 is 2.35 bits per heavy atom. The smallest absolute Gasteiger partial charge is 0.426 e. The first kappa shape index (κ1) is 15.8. The summed E-state index contributed by atoms with van der Waals surface area (Å²) in [5.74, 6) is 0. The molecule has 0 spiro atoms. The first-order valence-corrected chi connectivity index (χ1v) is 6.31. The van der Waals surface area contributed by atoms with Crippen LogP contribution in [0, 0.1) is 13.8 Å². The predicted molar refractivity (Wildman–Crippen MR) is 77.4 cm³/mol. The number of urea groups is 1. The summed E-state index contributed by atoms with van der Waals surface area (Å²) in [6, 6.07) is 5.05. The average molecular weight is 279 g/mol. The number of anilines is 1. The molecule has 20 heavy (non-hydrogen) atoms. The standard InChI is InChI=1S/C14H21N3O3/c1-9-7-6-8-11(10(9)2)15-12(18)16-17-13(19)20-14(3,4)5/h6-8H,1-5H3,(H,17,19)(H2,15,16,18). The molecule has 0 fully saturated rings. The van der Waals surface area contributed by atoms with Gasteiger partial charge in [0.25, 0.3) is 0 Å². The van der Waals surface area contributed by atoms with Crippen molar-refractivity contribution < 1.29 is 14.3 Å². The summed E-state index contributed by atoms with van der Waals surface area (Å²) in [6.45, 7) is 9.08. The lowest BCUT2D eigenvalue weighted by atomic mass is 10.1. The van der Waals surface area contributed by atoms with Crippen molar-refractivity contribution in [2.45, 2.75) is 40.2 Å². The fourth-order valence-electron chi connectivity index (χ4n) is 1.45. The molecule has 1 rings (SSSR count). The molecule has 0 heterocycles. The molecule has 0 saturated heterocycles. The Morgan fingerprint density at radius 1 is 1.10 bits per heavy atom. The molecule has 0 aliphatic carbocycles. The van der Waals surface area contributed by atoms with Crippen LogP contribution < -0.4 is 16.2 Å². The molecule has 110 valence electrons. The normalized spacial score (nSPS) is 10.7. The Kier molecular flexibility index (Phi) is 4.96. The molecule has 0 aromatic heterocycles. The molecular formula is C14H21N3O3. The van der Waals surface area contributed by atoms with Crippen LogP contribution in [0.4, 0.5) is 15.3 Å². The second-order valence-electron chi connectivity index (χ2n) is 5.45. The summed E-state index contributed by atoms with van der Waals surface area (Å²) in [6.07, 6.45) is -0.714. The van der Waals surface area contributed by atoms with Crippen molar-refractivity contribution >= 4 is 17.8 Å². The molecule has 6 nitrogen and oxygen atoms in total. The topological polar surface area (TPSA) is 79.5 Å². The summed E-state index contributed by atoms with van der Waals surface area (Å²) in [7, 11) is 0. The Labute approximate surface area is 118 Å². The number of amides is 3. The van der Waals surface area contributed by atoms with E-state index in [4.69, 9.17) is 4.74 Å². The Hall–Kier alpha value is -2.24. The van der Waals surface area contributed by atoms with E-state index in [1.165, 1.54) is 0 Å². The van der Waals surface area contributed by atoms with Crippen molar-refractivity contribution in [2.24, 2.45) is 0 Å². The maximum Gasteiger partial charge on any atom is 0.426 e. The zero-order chi connectivity index (χ0) is 15.3. The molecule has 0 saturated carbocycles. The molecule has 3 amide bonds. The SMILES string of the molecule is Cc1cccc(NC(=O)NNC(=O)OC(C)(C)C)c1C. The van der Waals surface area contributed by atoms with Gasteiger partial charge in [0.05, 0.1) is 0 Å². The van der Waals surface area contributed by atoms with E-state index in [1.54, 1.807) is 26.8 Å². The highest BCUT2D eigenvalue weighted by Crippen LogP contribution is 2.17. The fourth-order valence-corrected chi connectivity index (χ4v) is 1.45. The molecule has 0 bridgehead atoms. The van der Waals surface area contributed by atoms with E-state index in [2.05, 4.69) is 16.2 Å². The second-order valence-corrected chi connectivity index (χ2v) is 5.45. The van der Waals surface area contributed by atoms with E-state index in [-0.39, 0.29) is 0 Å². The van der Waals surface area contributed by atoms with Crippen molar-refractivity contribution in [3.05, 3.63) is 29.3 Å². The van der Waals surface area contributed by atoms with E-state index in [9.17, 15) is 9.59 Å². The van der Waals surface area contributed by atoms with Gasteiger partial charge < -0.3 is 10.1 Å². The minimum Gasteiger partial charge on any atom is -0.443 e. The highest BCUT2D eigenvalue weighted by atomic mass is 16.6. The number of hydrogen-bond acceptors (Lipinski definition) is 3. The van der Waals surface area contributed by atoms with Crippen LogP contribution in [0.3, 0.4) is 0 Å². The minimum absolute atomic E-state index is 0.537. The quantitative estimate of drug-likeness (QED) is 0.691. The third kappa shape index (κ3) is 5.17. The number of carbonyl (C=O) groups is 2. The van der Waals surface area contributed by atoms with Crippen molar-refractivity contribution in [2.75, 3.05) is 5.32 Å². The lowest BCUT2D eigenvalue weighted by Gasteiger charge is -2.20. The van der Waals surface area contributed by atoms with E-state index in [1.807, 2.05) is 26.0 Å².